The van der Waals surface area contributed by atoms with Crippen molar-refractivity contribution in [3.05, 3.63) is 24.3 Å². The van der Waals surface area contributed by atoms with E-state index in [-0.39, 0.29) is 0 Å². The lowest BCUT2D eigenvalue weighted by Gasteiger charge is -2.22. The fraction of sp³-hybridized carbons (Fsp3) is 0.600. The van der Waals surface area contributed by atoms with Crippen LogP contribution in [0.2, 0.25) is 0 Å². The largest absolute Gasteiger partial charge is 0.490 e. The van der Waals surface area contributed by atoms with Crippen LogP contribution in [0.5, 0.6) is 11.5 Å². The van der Waals surface area contributed by atoms with Gasteiger partial charge in [0.05, 0.1) is 6.61 Å². The quantitative estimate of drug-likeness (QED) is 0.778. The van der Waals surface area contributed by atoms with Crippen LogP contribution in [-0.4, -0.2) is 37.3 Å². The molecule has 1 atom stereocenters. The average Bonchev–Trinajstić information content (AvgIpc) is 2.47. The Bertz CT molecular complexity index is 367. The Labute approximate surface area is 120 Å². The zero-order valence-electron chi connectivity index (χ0n) is 11.6. The first kappa shape index (κ1) is 14.5. The SMILES string of the molecule is CCOc1ccccc1OCCNC1CCCSC1. The first-order chi connectivity index (χ1) is 9.40. The van der Waals surface area contributed by atoms with Crippen LogP contribution in [0.15, 0.2) is 24.3 Å². The van der Waals surface area contributed by atoms with Crippen molar-refractivity contribution < 1.29 is 9.47 Å². The summed E-state index contributed by atoms with van der Waals surface area (Å²) in [4.78, 5) is 0. The molecule has 3 nitrogen and oxygen atoms in total. The van der Waals surface area contributed by atoms with Crippen LogP contribution in [0.25, 0.3) is 0 Å². The highest BCUT2D eigenvalue weighted by molar-refractivity contribution is 7.99. The molecule has 1 aromatic rings. The molecule has 1 unspecified atom stereocenters. The summed E-state index contributed by atoms with van der Waals surface area (Å²) in [5, 5.41) is 3.56. The Kier molecular flexibility index (Phi) is 6.37. The van der Waals surface area contributed by atoms with Gasteiger partial charge in [-0.3, -0.25) is 0 Å². The lowest BCUT2D eigenvalue weighted by molar-refractivity contribution is 0.272. The van der Waals surface area contributed by atoms with E-state index in [0.29, 0.717) is 19.3 Å². The minimum atomic E-state index is 0.657. The number of hydrogen-bond donors (Lipinski definition) is 1. The number of thioether (sulfide) groups is 1. The highest BCUT2D eigenvalue weighted by Gasteiger charge is 2.12. The monoisotopic (exact) mass is 281 g/mol. The predicted octanol–water partition coefficient (Wildman–Crippen LogP) is 2.95. The molecule has 0 aromatic heterocycles. The summed E-state index contributed by atoms with van der Waals surface area (Å²) in [6, 6.07) is 8.51. The van der Waals surface area contributed by atoms with Crippen molar-refractivity contribution in [3.63, 3.8) is 0 Å². The highest BCUT2D eigenvalue weighted by Crippen LogP contribution is 2.26. The van der Waals surface area contributed by atoms with Crippen LogP contribution >= 0.6 is 11.8 Å². The Hall–Kier alpha value is -0.870. The van der Waals surface area contributed by atoms with E-state index in [0.717, 1.165) is 18.0 Å². The van der Waals surface area contributed by atoms with Gasteiger partial charge in [0, 0.05) is 18.3 Å². The summed E-state index contributed by atoms with van der Waals surface area (Å²) in [7, 11) is 0. The minimum absolute atomic E-state index is 0.657. The molecule has 1 fully saturated rings. The molecule has 19 heavy (non-hydrogen) atoms. The van der Waals surface area contributed by atoms with Gasteiger partial charge in [0.15, 0.2) is 11.5 Å². The molecule has 1 heterocycles. The molecule has 0 saturated carbocycles. The fourth-order valence-corrected chi connectivity index (χ4v) is 3.28. The summed E-state index contributed by atoms with van der Waals surface area (Å²) in [5.74, 6) is 4.22. The number of para-hydroxylation sites is 2. The van der Waals surface area contributed by atoms with Crippen LogP contribution < -0.4 is 14.8 Å². The summed E-state index contributed by atoms with van der Waals surface area (Å²) in [6.07, 6.45) is 2.62. The Morgan fingerprint density at radius 2 is 2.05 bits per heavy atom. The van der Waals surface area contributed by atoms with E-state index in [4.69, 9.17) is 9.47 Å². The van der Waals surface area contributed by atoms with Crippen molar-refractivity contribution in [2.24, 2.45) is 0 Å². The van der Waals surface area contributed by atoms with Gasteiger partial charge in [0.25, 0.3) is 0 Å². The first-order valence-corrected chi connectivity index (χ1v) is 8.21. The zero-order chi connectivity index (χ0) is 13.3. The van der Waals surface area contributed by atoms with E-state index in [1.54, 1.807) is 0 Å². The van der Waals surface area contributed by atoms with Crippen molar-refractivity contribution in [3.8, 4) is 11.5 Å². The first-order valence-electron chi connectivity index (χ1n) is 7.06. The van der Waals surface area contributed by atoms with Crippen molar-refractivity contribution in [2.45, 2.75) is 25.8 Å². The van der Waals surface area contributed by atoms with Gasteiger partial charge >= 0.3 is 0 Å². The average molecular weight is 281 g/mol. The van der Waals surface area contributed by atoms with Gasteiger partial charge in [-0.25, -0.2) is 0 Å². The fourth-order valence-electron chi connectivity index (χ4n) is 2.17. The molecule has 1 aliphatic rings. The van der Waals surface area contributed by atoms with Crippen molar-refractivity contribution in [2.75, 3.05) is 31.3 Å². The van der Waals surface area contributed by atoms with Crippen molar-refractivity contribution in [1.29, 1.82) is 0 Å². The third-order valence-electron chi connectivity index (χ3n) is 3.10. The van der Waals surface area contributed by atoms with Crippen LogP contribution in [0, 0.1) is 0 Å². The number of nitrogens with one attached hydrogen (secondary N) is 1. The van der Waals surface area contributed by atoms with Crippen LogP contribution in [0.1, 0.15) is 19.8 Å². The molecular weight excluding hydrogens is 258 g/mol. The molecule has 2 rings (SSSR count). The molecule has 0 bridgehead atoms. The molecule has 106 valence electrons. The molecule has 1 aromatic carbocycles. The summed E-state index contributed by atoms with van der Waals surface area (Å²) in [5.41, 5.74) is 0. The maximum Gasteiger partial charge on any atom is 0.161 e. The Morgan fingerprint density at radius 3 is 2.74 bits per heavy atom. The molecule has 0 aliphatic carbocycles. The lowest BCUT2D eigenvalue weighted by atomic mass is 10.2. The number of ether oxygens (including phenoxy) is 2. The summed E-state index contributed by atoms with van der Waals surface area (Å²) >= 11 is 2.04. The second-order valence-electron chi connectivity index (χ2n) is 4.60. The topological polar surface area (TPSA) is 30.5 Å². The third-order valence-corrected chi connectivity index (χ3v) is 4.32. The minimum Gasteiger partial charge on any atom is -0.490 e. The maximum atomic E-state index is 5.79. The second-order valence-corrected chi connectivity index (χ2v) is 5.75. The van der Waals surface area contributed by atoms with Gasteiger partial charge in [-0.15, -0.1) is 0 Å². The standard InChI is InChI=1S/C15H23NO2S/c1-2-17-14-7-3-4-8-15(14)18-10-9-16-13-6-5-11-19-12-13/h3-4,7-8,13,16H,2,5-6,9-12H2,1H3. The van der Waals surface area contributed by atoms with Gasteiger partial charge < -0.3 is 14.8 Å². The van der Waals surface area contributed by atoms with E-state index >= 15 is 0 Å². The predicted molar refractivity (Wildman–Crippen MR) is 81.5 cm³/mol. The Balaban J connectivity index is 1.70. The van der Waals surface area contributed by atoms with E-state index in [9.17, 15) is 0 Å². The van der Waals surface area contributed by atoms with Gasteiger partial charge in [-0.1, -0.05) is 12.1 Å². The Morgan fingerprint density at radius 1 is 1.26 bits per heavy atom. The molecule has 0 amide bonds. The molecular formula is C15H23NO2S. The van der Waals surface area contributed by atoms with Crippen LogP contribution in [0.4, 0.5) is 0 Å². The smallest absolute Gasteiger partial charge is 0.161 e. The number of hydrogen-bond acceptors (Lipinski definition) is 4. The molecule has 0 radical (unpaired) electrons. The van der Waals surface area contributed by atoms with Gasteiger partial charge in [0.2, 0.25) is 0 Å². The lowest BCUT2D eigenvalue weighted by Crippen LogP contribution is -2.36. The summed E-state index contributed by atoms with van der Waals surface area (Å²) in [6.45, 7) is 4.23. The van der Waals surface area contributed by atoms with Crippen LogP contribution in [-0.2, 0) is 0 Å². The molecule has 1 saturated heterocycles. The van der Waals surface area contributed by atoms with E-state index in [1.807, 2.05) is 43.0 Å². The highest BCUT2D eigenvalue weighted by atomic mass is 32.2. The summed E-state index contributed by atoms with van der Waals surface area (Å²) < 4.78 is 11.3. The number of benzene rings is 1. The molecule has 0 spiro atoms. The molecule has 1 N–H and O–H groups in total. The van der Waals surface area contributed by atoms with E-state index in [2.05, 4.69) is 5.32 Å². The van der Waals surface area contributed by atoms with Gasteiger partial charge in [-0.05, 0) is 37.7 Å². The van der Waals surface area contributed by atoms with Crippen molar-refractivity contribution >= 4 is 11.8 Å². The van der Waals surface area contributed by atoms with E-state index < -0.39 is 0 Å². The molecule has 1 aliphatic heterocycles. The normalized spacial score (nSPS) is 19.1. The van der Waals surface area contributed by atoms with Gasteiger partial charge in [-0.2, -0.15) is 11.8 Å². The second kappa shape index (κ2) is 8.33. The van der Waals surface area contributed by atoms with Crippen molar-refractivity contribution in [1.82, 2.24) is 5.32 Å². The maximum absolute atomic E-state index is 5.79. The molecule has 4 heteroatoms. The number of rotatable bonds is 7. The third kappa shape index (κ3) is 4.96. The van der Waals surface area contributed by atoms with Crippen LogP contribution in [0.3, 0.4) is 0 Å². The zero-order valence-corrected chi connectivity index (χ0v) is 12.4. The van der Waals surface area contributed by atoms with Gasteiger partial charge in [0.1, 0.15) is 6.61 Å². The van der Waals surface area contributed by atoms with E-state index in [1.165, 1.54) is 24.3 Å².